The summed E-state index contributed by atoms with van der Waals surface area (Å²) in [4.78, 5) is 47.2. The molecular weight excluding hydrogens is 310 g/mol. The van der Waals surface area contributed by atoms with Gasteiger partial charge in [-0.25, -0.2) is 9.69 Å². The SMILES string of the molecule is O=C(O)C(=O)N1C(=O)c2cccc(CCc3ccccc3)c2C1=O. The van der Waals surface area contributed by atoms with E-state index in [1.165, 1.54) is 6.07 Å². The first-order valence-electron chi connectivity index (χ1n) is 7.32. The van der Waals surface area contributed by atoms with Gasteiger partial charge in [-0.05, 0) is 30.0 Å². The van der Waals surface area contributed by atoms with Crippen LogP contribution in [-0.4, -0.2) is 33.7 Å². The summed E-state index contributed by atoms with van der Waals surface area (Å²) in [5.41, 5.74) is 1.88. The first-order valence-corrected chi connectivity index (χ1v) is 7.32. The van der Waals surface area contributed by atoms with Crippen molar-refractivity contribution in [3.63, 3.8) is 0 Å². The molecule has 1 N–H and O–H groups in total. The van der Waals surface area contributed by atoms with Crippen molar-refractivity contribution < 1.29 is 24.3 Å². The Morgan fingerprint density at radius 2 is 1.58 bits per heavy atom. The fourth-order valence-electron chi connectivity index (χ4n) is 2.77. The van der Waals surface area contributed by atoms with Crippen LogP contribution in [0, 0.1) is 0 Å². The molecule has 3 amide bonds. The molecule has 0 saturated heterocycles. The number of hydrogen-bond donors (Lipinski definition) is 1. The summed E-state index contributed by atoms with van der Waals surface area (Å²) < 4.78 is 0. The lowest BCUT2D eigenvalue weighted by molar-refractivity contribution is -0.153. The van der Waals surface area contributed by atoms with E-state index in [0.29, 0.717) is 18.4 Å². The van der Waals surface area contributed by atoms with Crippen LogP contribution in [0.4, 0.5) is 0 Å². The Kier molecular flexibility index (Phi) is 3.95. The number of carbonyl (C=O) groups is 4. The van der Waals surface area contributed by atoms with Gasteiger partial charge in [0, 0.05) is 0 Å². The Balaban J connectivity index is 1.92. The number of amides is 3. The zero-order valence-electron chi connectivity index (χ0n) is 12.6. The highest BCUT2D eigenvalue weighted by molar-refractivity contribution is 6.43. The van der Waals surface area contributed by atoms with Crippen molar-refractivity contribution >= 4 is 23.7 Å². The number of carbonyl (C=O) groups excluding carboxylic acids is 3. The van der Waals surface area contributed by atoms with Gasteiger partial charge < -0.3 is 5.11 Å². The molecule has 1 aliphatic rings. The van der Waals surface area contributed by atoms with Gasteiger partial charge >= 0.3 is 11.9 Å². The molecule has 0 saturated carbocycles. The van der Waals surface area contributed by atoms with Crippen LogP contribution in [0.3, 0.4) is 0 Å². The highest BCUT2D eigenvalue weighted by atomic mass is 16.4. The summed E-state index contributed by atoms with van der Waals surface area (Å²) in [5.74, 6) is -5.12. The lowest BCUT2D eigenvalue weighted by atomic mass is 9.97. The molecule has 0 spiro atoms. The van der Waals surface area contributed by atoms with Crippen LogP contribution in [0.1, 0.15) is 31.8 Å². The van der Waals surface area contributed by atoms with Crippen LogP contribution in [0.25, 0.3) is 0 Å². The van der Waals surface area contributed by atoms with E-state index in [-0.39, 0.29) is 16.0 Å². The standard InChI is InChI=1S/C18H13NO5/c20-15-13-8-4-7-12(10-9-11-5-2-1-3-6-11)14(13)16(21)19(15)17(22)18(23)24/h1-8H,9-10H2,(H,23,24). The smallest absolute Gasteiger partial charge is 0.395 e. The zero-order chi connectivity index (χ0) is 17.3. The lowest BCUT2D eigenvalue weighted by Gasteiger charge is -2.08. The number of carboxylic acid groups (broad SMARTS) is 1. The van der Waals surface area contributed by atoms with E-state index in [0.717, 1.165) is 5.56 Å². The number of fused-ring (bicyclic) bond motifs is 1. The second kappa shape index (κ2) is 6.08. The molecule has 6 heteroatoms. The van der Waals surface area contributed by atoms with Crippen LogP contribution < -0.4 is 0 Å². The number of benzene rings is 2. The van der Waals surface area contributed by atoms with Crippen LogP contribution in [0.2, 0.25) is 0 Å². The zero-order valence-corrected chi connectivity index (χ0v) is 12.6. The van der Waals surface area contributed by atoms with Gasteiger partial charge in [-0.15, -0.1) is 0 Å². The minimum atomic E-state index is -1.84. The van der Waals surface area contributed by atoms with Crippen molar-refractivity contribution in [2.45, 2.75) is 12.8 Å². The van der Waals surface area contributed by atoms with E-state index in [4.69, 9.17) is 5.11 Å². The van der Waals surface area contributed by atoms with E-state index in [2.05, 4.69) is 0 Å². The van der Waals surface area contributed by atoms with Gasteiger partial charge in [-0.1, -0.05) is 42.5 Å². The molecule has 0 atom stereocenters. The molecule has 1 heterocycles. The number of aryl methyl sites for hydroxylation is 2. The molecule has 24 heavy (non-hydrogen) atoms. The molecule has 3 rings (SSSR count). The Bertz CT molecular complexity index is 857. The normalized spacial score (nSPS) is 13.1. The van der Waals surface area contributed by atoms with Gasteiger partial charge in [0.1, 0.15) is 0 Å². The highest BCUT2D eigenvalue weighted by Crippen LogP contribution is 2.27. The summed E-state index contributed by atoms with van der Waals surface area (Å²) >= 11 is 0. The average molecular weight is 323 g/mol. The van der Waals surface area contributed by atoms with E-state index >= 15 is 0 Å². The van der Waals surface area contributed by atoms with Crippen LogP contribution in [-0.2, 0) is 22.4 Å². The quantitative estimate of drug-likeness (QED) is 0.685. The van der Waals surface area contributed by atoms with Crippen molar-refractivity contribution in [1.29, 1.82) is 0 Å². The van der Waals surface area contributed by atoms with E-state index in [1.54, 1.807) is 12.1 Å². The first kappa shape index (κ1) is 15.6. The Morgan fingerprint density at radius 3 is 2.25 bits per heavy atom. The monoisotopic (exact) mass is 323 g/mol. The van der Waals surface area contributed by atoms with Crippen LogP contribution >= 0.6 is 0 Å². The molecule has 6 nitrogen and oxygen atoms in total. The second-order valence-electron chi connectivity index (χ2n) is 5.38. The minimum Gasteiger partial charge on any atom is -0.474 e. The Labute approximate surface area is 137 Å². The predicted octanol–water partition coefficient (Wildman–Crippen LogP) is 1.68. The third-order valence-electron chi connectivity index (χ3n) is 3.91. The number of carboxylic acids is 1. The largest absolute Gasteiger partial charge is 0.474 e. The van der Waals surface area contributed by atoms with E-state index in [9.17, 15) is 19.2 Å². The van der Waals surface area contributed by atoms with Crippen molar-refractivity contribution in [2.24, 2.45) is 0 Å². The average Bonchev–Trinajstić information content (AvgIpc) is 2.85. The first-order chi connectivity index (χ1) is 11.5. The fraction of sp³-hybridized carbons (Fsp3) is 0.111. The molecule has 2 aromatic carbocycles. The lowest BCUT2D eigenvalue weighted by Crippen LogP contribution is -2.40. The summed E-state index contributed by atoms with van der Waals surface area (Å²) in [5, 5.41) is 8.78. The second-order valence-corrected chi connectivity index (χ2v) is 5.38. The number of imide groups is 3. The number of aliphatic carboxylic acids is 1. The molecular formula is C18H13NO5. The molecule has 0 aliphatic carbocycles. The van der Waals surface area contributed by atoms with Gasteiger partial charge in [0.25, 0.3) is 11.8 Å². The molecule has 0 bridgehead atoms. The maximum atomic E-state index is 12.4. The Morgan fingerprint density at radius 1 is 0.875 bits per heavy atom. The highest BCUT2D eigenvalue weighted by Gasteiger charge is 2.43. The third kappa shape index (κ3) is 2.58. The summed E-state index contributed by atoms with van der Waals surface area (Å²) in [6, 6.07) is 14.4. The van der Waals surface area contributed by atoms with Crippen LogP contribution in [0.15, 0.2) is 48.5 Å². The molecule has 0 unspecified atom stereocenters. The van der Waals surface area contributed by atoms with Crippen LogP contribution in [0.5, 0.6) is 0 Å². The number of hydrogen-bond acceptors (Lipinski definition) is 4. The summed E-state index contributed by atoms with van der Waals surface area (Å²) in [6.07, 6.45) is 1.16. The molecule has 2 aromatic rings. The van der Waals surface area contributed by atoms with Gasteiger partial charge in [-0.3, -0.25) is 14.4 Å². The van der Waals surface area contributed by atoms with Crippen molar-refractivity contribution in [1.82, 2.24) is 4.90 Å². The fourth-order valence-corrected chi connectivity index (χ4v) is 2.77. The number of rotatable bonds is 3. The van der Waals surface area contributed by atoms with Gasteiger partial charge in [0.05, 0.1) is 11.1 Å². The van der Waals surface area contributed by atoms with E-state index in [1.807, 2.05) is 30.3 Å². The topological polar surface area (TPSA) is 91.8 Å². The molecule has 120 valence electrons. The molecule has 1 aliphatic heterocycles. The van der Waals surface area contributed by atoms with Crippen molar-refractivity contribution in [3.8, 4) is 0 Å². The molecule has 0 radical (unpaired) electrons. The van der Waals surface area contributed by atoms with E-state index < -0.39 is 23.7 Å². The third-order valence-corrected chi connectivity index (χ3v) is 3.91. The predicted molar refractivity (Wildman–Crippen MR) is 83.4 cm³/mol. The molecule has 0 fully saturated rings. The van der Waals surface area contributed by atoms with Gasteiger partial charge in [-0.2, -0.15) is 0 Å². The minimum absolute atomic E-state index is 0.0696. The maximum Gasteiger partial charge on any atom is 0.395 e. The van der Waals surface area contributed by atoms with Gasteiger partial charge in [0.2, 0.25) is 0 Å². The molecule has 0 aromatic heterocycles. The summed E-state index contributed by atoms with van der Waals surface area (Å²) in [6.45, 7) is 0. The van der Waals surface area contributed by atoms with Gasteiger partial charge in [0.15, 0.2) is 0 Å². The number of nitrogens with zero attached hydrogens (tertiary/aromatic N) is 1. The Hall–Kier alpha value is -3.28. The summed E-state index contributed by atoms with van der Waals surface area (Å²) in [7, 11) is 0. The maximum absolute atomic E-state index is 12.4. The van der Waals surface area contributed by atoms with Crippen molar-refractivity contribution in [2.75, 3.05) is 0 Å². The van der Waals surface area contributed by atoms with Crippen molar-refractivity contribution in [3.05, 3.63) is 70.8 Å².